The van der Waals surface area contributed by atoms with Gasteiger partial charge in [-0.3, -0.25) is 4.79 Å². The number of ether oxygens (including phenoxy) is 1. The highest BCUT2D eigenvalue weighted by atomic mass is 16.5. The third-order valence-corrected chi connectivity index (χ3v) is 4.21. The molecule has 0 aliphatic carbocycles. The third kappa shape index (κ3) is 2.45. The van der Waals surface area contributed by atoms with Crippen LogP contribution in [-0.2, 0) is 4.79 Å². The van der Waals surface area contributed by atoms with Crippen LogP contribution in [0.5, 0.6) is 5.75 Å². The van der Waals surface area contributed by atoms with Crippen LogP contribution in [0.3, 0.4) is 0 Å². The maximum Gasteiger partial charge on any atom is 0.232 e. The van der Waals surface area contributed by atoms with Crippen LogP contribution in [0.25, 0.3) is 0 Å². The standard InChI is InChI=1S/C15H21NO3/c1-4-15(18)9-10-16(14(17)11(15)2)12-5-7-13(19-3)8-6-12/h5-8,11,18H,4,9-10H2,1-3H3/t11-,15+/m0/s1. The summed E-state index contributed by atoms with van der Waals surface area (Å²) >= 11 is 0. The van der Waals surface area contributed by atoms with Gasteiger partial charge in [0.2, 0.25) is 5.91 Å². The zero-order chi connectivity index (χ0) is 14.0. The number of nitrogens with zero attached hydrogens (tertiary/aromatic N) is 1. The molecule has 1 saturated heterocycles. The highest BCUT2D eigenvalue weighted by molar-refractivity contribution is 5.96. The summed E-state index contributed by atoms with van der Waals surface area (Å²) in [6.45, 7) is 4.29. The molecular weight excluding hydrogens is 242 g/mol. The minimum absolute atomic E-state index is 0.0132. The second-order valence-electron chi connectivity index (χ2n) is 5.12. The van der Waals surface area contributed by atoms with Crippen LogP contribution in [-0.4, -0.2) is 30.3 Å². The van der Waals surface area contributed by atoms with Crippen molar-refractivity contribution in [3.05, 3.63) is 24.3 Å². The Morgan fingerprint density at radius 2 is 2.05 bits per heavy atom. The predicted molar refractivity (Wildman–Crippen MR) is 74.4 cm³/mol. The van der Waals surface area contributed by atoms with Gasteiger partial charge >= 0.3 is 0 Å². The molecule has 1 aliphatic heterocycles. The molecule has 0 radical (unpaired) electrons. The van der Waals surface area contributed by atoms with E-state index in [9.17, 15) is 9.90 Å². The summed E-state index contributed by atoms with van der Waals surface area (Å²) < 4.78 is 5.11. The van der Waals surface area contributed by atoms with E-state index in [1.165, 1.54) is 0 Å². The van der Waals surface area contributed by atoms with Gasteiger partial charge in [0.25, 0.3) is 0 Å². The van der Waals surface area contributed by atoms with Crippen LogP contribution >= 0.6 is 0 Å². The van der Waals surface area contributed by atoms with E-state index in [-0.39, 0.29) is 11.8 Å². The molecule has 104 valence electrons. The molecule has 2 atom stereocenters. The molecule has 0 spiro atoms. The van der Waals surface area contributed by atoms with E-state index in [0.29, 0.717) is 19.4 Å². The molecule has 1 amide bonds. The average molecular weight is 263 g/mol. The number of aliphatic hydroxyl groups is 1. The van der Waals surface area contributed by atoms with Crippen molar-refractivity contribution in [1.29, 1.82) is 0 Å². The summed E-state index contributed by atoms with van der Waals surface area (Å²) in [7, 11) is 1.62. The number of piperidine rings is 1. The number of rotatable bonds is 3. The summed E-state index contributed by atoms with van der Waals surface area (Å²) in [5, 5.41) is 10.4. The van der Waals surface area contributed by atoms with E-state index in [0.717, 1.165) is 11.4 Å². The van der Waals surface area contributed by atoms with Gasteiger partial charge in [-0.15, -0.1) is 0 Å². The molecule has 19 heavy (non-hydrogen) atoms. The Balaban J connectivity index is 2.20. The van der Waals surface area contributed by atoms with Crippen molar-refractivity contribution in [2.24, 2.45) is 5.92 Å². The first-order valence-electron chi connectivity index (χ1n) is 6.69. The number of carbonyl (C=O) groups excluding carboxylic acids is 1. The Hall–Kier alpha value is -1.55. The number of hydrogen-bond acceptors (Lipinski definition) is 3. The van der Waals surface area contributed by atoms with Crippen molar-refractivity contribution in [2.75, 3.05) is 18.6 Å². The molecule has 1 N–H and O–H groups in total. The first-order valence-corrected chi connectivity index (χ1v) is 6.69. The molecular formula is C15H21NO3. The molecule has 0 aromatic heterocycles. The number of carbonyl (C=O) groups is 1. The van der Waals surface area contributed by atoms with Crippen molar-refractivity contribution >= 4 is 11.6 Å². The van der Waals surface area contributed by atoms with E-state index in [1.807, 2.05) is 38.1 Å². The number of methoxy groups -OCH3 is 1. The van der Waals surface area contributed by atoms with Crippen LogP contribution in [0.2, 0.25) is 0 Å². The smallest absolute Gasteiger partial charge is 0.232 e. The SMILES string of the molecule is CC[C@@]1(O)CCN(c2ccc(OC)cc2)C(=O)[C@@H]1C. The number of hydrogen-bond donors (Lipinski definition) is 1. The Bertz CT molecular complexity index is 457. The molecule has 1 aromatic carbocycles. The molecule has 0 unspecified atom stereocenters. The van der Waals surface area contributed by atoms with Gasteiger partial charge < -0.3 is 14.7 Å². The van der Waals surface area contributed by atoms with Crippen molar-refractivity contribution in [3.63, 3.8) is 0 Å². The highest BCUT2D eigenvalue weighted by Crippen LogP contribution is 2.34. The summed E-state index contributed by atoms with van der Waals surface area (Å²) in [5.74, 6) is 0.389. The van der Waals surface area contributed by atoms with Crippen LogP contribution in [0, 0.1) is 5.92 Å². The van der Waals surface area contributed by atoms with Gasteiger partial charge in [0.15, 0.2) is 0 Å². The predicted octanol–water partition coefficient (Wildman–Crippen LogP) is 2.21. The van der Waals surface area contributed by atoms with Gasteiger partial charge in [-0.05, 0) is 37.1 Å². The van der Waals surface area contributed by atoms with Crippen molar-refractivity contribution in [2.45, 2.75) is 32.3 Å². The fourth-order valence-electron chi connectivity index (χ4n) is 2.60. The minimum atomic E-state index is -0.861. The first kappa shape index (κ1) is 13.9. The molecule has 1 aromatic rings. The Morgan fingerprint density at radius 1 is 1.42 bits per heavy atom. The highest BCUT2D eigenvalue weighted by Gasteiger charge is 2.43. The Kier molecular flexibility index (Phi) is 3.80. The molecule has 0 saturated carbocycles. The number of benzene rings is 1. The maximum absolute atomic E-state index is 12.4. The molecule has 2 rings (SSSR count). The molecule has 1 aliphatic rings. The lowest BCUT2D eigenvalue weighted by Gasteiger charge is -2.42. The zero-order valence-electron chi connectivity index (χ0n) is 11.7. The minimum Gasteiger partial charge on any atom is -0.497 e. The van der Waals surface area contributed by atoms with E-state index in [1.54, 1.807) is 12.0 Å². The molecule has 0 bridgehead atoms. The van der Waals surface area contributed by atoms with Crippen molar-refractivity contribution in [3.8, 4) is 5.75 Å². The molecule has 1 heterocycles. The second-order valence-corrected chi connectivity index (χ2v) is 5.12. The van der Waals surface area contributed by atoms with Crippen LogP contribution in [0.4, 0.5) is 5.69 Å². The van der Waals surface area contributed by atoms with E-state index >= 15 is 0 Å². The molecule has 1 fully saturated rings. The van der Waals surface area contributed by atoms with Gasteiger partial charge in [0.05, 0.1) is 18.6 Å². The average Bonchev–Trinajstić information content (AvgIpc) is 2.45. The zero-order valence-corrected chi connectivity index (χ0v) is 11.7. The fourth-order valence-corrected chi connectivity index (χ4v) is 2.60. The summed E-state index contributed by atoms with van der Waals surface area (Å²) in [5.41, 5.74) is -0.00383. The van der Waals surface area contributed by atoms with Gasteiger partial charge in [-0.1, -0.05) is 13.8 Å². The van der Waals surface area contributed by atoms with Gasteiger partial charge in [0, 0.05) is 12.2 Å². The van der Waals surface area contributed by atoms with Crippen LogP contribution < -0.4 is 9.64 Å². The Labute approximate surface area is 114 Å². The monoisotopic (exact) mass is 263 g/mol. The first-order chi connectivity index (χ1) is 9.01. The van der Waals surface area contributed by atoms with Gasteiger partial charge in [0.1, 0.15) is 5.75 Å². The topological polar surface area (TPSA) is 49.8 Å². The lowest BCUT2D eigenvalue weighted by atomic mass is 9.79. The van der Waals surface area contributed by atoms with Crippen LogP contribution in [0.1, 0.15) is 26.7 Å². The molecule has 4 nitrogen and oxygen atoms in total. The lowest BCUT2D eigenvalue weighted by Crippen LogP contribution is -2.54. The summed E-state index contributed by atoms with van der Waals surface area (Å²) in [4.78, 5) is 14.1. The van der Waals surface area contributed by atoms with E-state index in [2.05, 4.69) is 0 Å². The van der Waals surface area contributed by atoms with E-state index < -0.39 is 5.60 Å². The molecule has 4 heteroatoms. The number of anilines is 1. The quantitative estimate of drug-likeness (QED) is 0.909. The van der Waals surface area contributed by atoms with Crippen molar-refractivity contribution in [1.82, 2.24) is 0 Å². The third-order valence-electron chi connectivity index (χ3n) is 4.21. The normalized spacial score (nSPS) is 27.5. The fraction of sp³-hybridized carbons (Fsp3) is 0.533. The number of amides is 1. The van der Waals surface area contributed by atoms with Crippen LogP contribution in [0.15, 0.2) is 24.3 Å². The maximum atomic E-state index is 12.4. The summed E-state index contributed by atoms with van der Waals surface area (Å²) in [6, 6.07) is 7.43. The Morgan fingerprint density at radius 3 is 2.58 bits per heavy atom. The largest absolute Gasteiger partial charge is 0.497 e. The lowest BCUT2D eigenvalue weighted by molar-refractivity contribution is -0.135. The van der Waals surface area contributed by atoms with E-state index in [4.69, 9.17) is 4.74 Å². The van der Waals surface area contributed by atoms with Gasteiger partial charge in [-0.25, -0.2) is 0 Å². The van der Waals surface area contributed by atoms with Gasteiger partial charge in [-0.2, -0.15) is 0 Å². The van der Waals surface area contributed by atoms with Crippen molar-refractivity contribution < 1.29 is 14.6 Å². The summed E-state index contributed by atoms with van der Waals surface area (Å²) in [6.07, 6.45) is 1.22. The second kappa shape index (κ2) is 5.21.